The number of hydrogen-bond donors (Lipinski definition) is 1. The van der Waals surface area contributed by atoms with Crippen LogP contribution in [0.25, 0.3) is 10.6 Å². The summed E-state index contributed by atoms with van der Waals surface area (Å²) in [5, 5.41) is 8.76. The van der Waals surface area contributed by atoms with Crippen LogP contribution in [0.2, 0.25) is 0 Å². The molecular weight excluding hydrogens is 304 g/mol. The summed E-state index contributed by atoms with van der Waals surface area (Å²) >= 11 is 2.74. The lowest BCUT2D eigenvalue weighted by Gasteiger charge is -2.08. The SMILES string of the molecule is Cc1nnsc1C(=O)NCc1cccnc1-c1cccs1. The molecule has 0 aliphatic carbocycles. The Morgan fingerprint density at radius 2 is 2.24 bits per heavy atom. The van der Waals surface area contributed by atoms with Crippen molar-refractivity contribution in [2.75, 3.05) is 0 Å². The van der Waals surface area contributed by atoms with E-state index in [1.807, 2.05) is 29.6 Å². The molecule has 3 heterocycles. The summed E-state index contributed by atoms with van der Waals surface area (Å²) in [4.78, 5) is 18.2. The summed E-state index contributed by atoms with van der Waals surface area (Å²) < 4.78 is 3.78. The monoisotopic (exact) mass is 316 g/mol. The molecule has 0 saturated carbocycles. The lowest BCUT2D eigenvalue weighted by atomic mass is 10.1. The molecule has 1 N–H and O–H groups in total. The van der Waals surface area contributed by atoms with Crippen molar-refractivity contribution < 1.29 is 4.79 Å². The summed E-state index contributed by atoms with van der Waals surface area (Å²) in [7, 11) is 0. The first-order valence-corrected chi connectivity index (χ1v) is 7.96. The van der Waals surface area contributed by atoms with Gasteiger partial charge in [-0.1, -0.05) is 16.6 Å². The quantitative estimate of drug-likeness (QED) is 0.803. The van der Waals surface area contributed by atoms with Crippen LogP contribution in [0.4, 0.5) is 0 Å². The normalized spacial score (nSPS) is 10.5. The standard InChI is InChI=1S/C14H12N4OS2/c1-9-13(21-18-17-9)14(19)16-8-10-4-2-6-15-12(10)11-5-3-7-20-11/h2-7H,8H2,1H3,(H,16,19). The number of carbonyl (C=O) groups excluding carboxylic acids is 1. The molecule has 106 valence electrons. The number of rotatable bonds is 4. The Hall–Kier alpha value is -2.12. The van der Waals surface area contributed by atoms with E-state index in [1.54, 1.807) is 24.5 Å². The minimum absolute atomic E-state index is 0.150. The zero-order chi connectivity index (χ0) is 14.7. The Labute approximate surface area is 129 Å². The Morgan fingerprint density at radius 3 is 2.95 bits per heavy atom. The Bertz CT molecular complexity index is 752. The fraction of sp³-hybridized carbons (Fsp3) is 0.143. The van der Waals surface area contributed by atoms with Crippen molar-refractivity contribution in [3.8, 4) is 10.6 Å². The lowest BCUT2D eigenvalue weighted by molar-refractivity contribution is 0.0954. The Balaban J connectivity index is 1.77. The highest BCUT2D eigenvalue weighted by Crippen LogP contribution is 2.25. The second-order valence-corrected chi connectivity index (χ2v) is 6.06. The average Bonchev–Trinajstić information content (AvgIpc) is 3.16. The Morgan fingerprint density at radius 1 is 1.33 bits per heavy atom. The maximum absolute atomic E-state index is 12.1. The molecule has 0 bridgehead atoms. The van der Waals surface area contributed by atoms with E-state index in [4.69, 9.17) is 0 Å². The van der Waals surface area contributed by atoms with Crippen LogP contribution in [-0.4, -0.2) is 20.5 Å². The maximum Gasteiger partial charge on any atom is 0.265 e. The van der Waals surface area contributed by atoms with E-state index in [2.05, 4.69) is 19.9 Å². The van der Waals surface area contributed by atoms with Crippen molar-refractivity contribution in [3.05, 3.63) is 52.0 Å². The van der Waals surface area contributed by atoms with Crippen molar-refractivity contribution in [2.24, 2.45) is 0 Å². The van der Waals surface area contributed by atoms with Crippen molar-refractivity contribution in [1.29, 1.82) is 0 Å². The molecule has 0 unspecified atom stereocenters. The molecule has 0 fully saturated rings. The molecule has 3 rings (SSSR count). The molecule has 0 spiro atoms. The molecule has 3 aromatic rings. The van der Waals surface area contributed by atoms with Crippen LogP contribution in [0.1, 0.15) is 20.9 Å². The molecule has 7 heteroatoms. The van der Waals surface area contributed by atoms with Crippen LogP contribution in [0.3, 0.4) is 0 Å². The molecule has 0 radical (unpaired) electrons. The van der Waals surface area contributed by atoms with E-state index in [0.29, 0.717) is 17.1 Å². The van der Waals surface area contributed by atoms with Gasteiger partial charge in [0.1, 0.15) is 4.88 Å². The fourth-order valence-corrected chi connectivity index (χ4v) is 3.24. The predicted octanol–water partition coefficient (Wildman–Crippen LogP) is 2.90. The van der Waals surface area contributed by atoms with E-state index in [-0.39, 0.29) is 5.91 Å². The summed E-state index contributed by atoms with van der Waals surface area (Å²) in [5.74, 6) is -0.150. The summed E-state index contributed by atoms with van der Waals surface area (Å²) in [5.41, 5.74) is 2.55. The molecule has 0 atom stereocenters. The number of nitrogens with one attached hydrogen (secondary N) is 1. The van der Waals surface area contributed by atoms with Crippen LogP contribution >= 0.6 is 22.9 Å². The highest BCUT2D eigenvalue weighted by Gasteiger charge is 2.14. The van der Waals surface area contributed by atoms with E-state index < -0.39 is 0 Å². The molecule has 21 heavy (non-hydrogen) atoms. The zero-order valence-corrected chi connectivity index (χ0v) is 12.9. The second kappa shape index (κ2) is 6.11. The number of hydrogen-bond acceptors (Lipinski definition) is 6. The molecule has 5 nitrogen and oxygen atoms in total. The van der Waals surface area contributed by atoms with E-state index >= 15 is 0 Å². The van der Waals surface area contributed by atoms with Crippen LogP contribution in [0.15, 0.2) is 35.8 Å². The van der Waals surface area contributed by atoms with Gasteiger partial charge in [0.15, 0.2) is 0 Å². The third-order valence-electron chi connectivity index (χ3n) is 2.94. The number of aryl methyl sites for hydroxylation is 1. The number of pyridine rings is 1. The van der Waals surface area contributed by atoms with Gasteiger partial charge in [0.2, 0.25) is 0 Å². The number of carbonyl (C=O) groups is 1. The number of amides is 1. The predicted molar refractivity (Wildman–Crippen MR) is 83.4 cm³/mol. The van der Waals surface area contributed by atoms with Crippen molar-refractivity contribution in [2.45, 2.75) is 13.5 Å². The first-order valence-electron chi connectivity index (χ1n) is 6.30. The molecule has 0 aliphatic rings. The maximum atomic E-state index is 12.1. The van der Waals surface area contributed by atoms with E-state index in [0.717, 1.165) is 27.7 Å². The van der Waals surface area contributed by atoms with Gasteiger partial charge < -0.3 is 5.32 Å². The van der Waals surface area contributed by atoms with Gasteiger partial charge in [-0.05, 0) is 41.5 Å². The second-order valence-electron chi connectivity index (χ2n) is 4.36. The first kappa shape index (κ1) is 13.8. The minimum Gasteiger partial charge on any atom is -0.347 e. The van der Waals surface area contributed by atoms with Crippen molar-refractivity contribution in [3.63, 3.8) is 0 Å². The summed E-state index contributed by atoms with van der Waals surface area (Å²) in [6.07, 6.45) is 1.76. The number of aromatic nitrogens is 3. The highest BCUT2D eigenvalue weighted by molar-refractivity contribution is 7.13. The molecular formula is C14H12N4OS2. The van der Waals surface area contributed by atoms with E-state index in [9.17, 15) is 4.79 Å². The molecule has 0 aromatic carbocycles. The van der Waals surface area contributed by atoms with Gasteiger partial charge in [-0.15, -0.1) is 16.4 Å². The van der Waals surface area contributed by atoms with Crippen molar-refractivity contribution >= 4 is 28.8 Å². The van der Waals surface area contributed by atoms with Gasteiger partial charge in [-0.25, -0.2) is 0 Å². The molecule has 1 amide bonds. The Kier molecular flexibility index (Phi) is 4.03. The number of thiophene rings is 1. The molecule has 0 aliphatic heterocycles. The van der Waals surface area contributed by atoms with Gasteiger partial charge in [0.25, 0.3) is 5.91 Å². The zero-order valence-electron chi connectivity index (χ0n) is 11.2. The van der Waals surface area contributed by atoms with Gasteiger partial charge in [0.05, 0.1) is 16.3 Å². The summed E-state index contributed by atoms with van der Waals surface area (Å²) in [6.45, 7) is 2.21. The van der Waals surface area contributed by atoms with Crippen molar-refractivity contribution in [1.82, 2.24) is 19.9 Å². The van der Waals surface area contributed by atoms with Gasteiger partial charge in [-0.3, -0.25) is 9.78 Å². The molecule has 0 saturated heterocycles. The average molecular weight is 316 g/mol. The fourth-order valence-electron chi connectivity index (χ4n) is 1.91. The van der Waals surface area contributed by atoms with E-state index in [1.165, 1.54) is 0 Å². The largest absolute Gasteiger partial charge is 0.347 e. The summed E-state index contributed by atoms with van der Waals surface area (Å²) in [6, 6.07) is 7.86. The van der Waals surface area contributed by atoms with Crippen LogP contribution in [0.5, 0.6) is 0 Å². The van der Waals surface area contributed by atoms with Crippen LogP contribution in [0, 0.1) is 6.92 Å². The third-order valence-corrected chi connectivity index (χ3v) is 4.65. The lowest BCUT2D eigenvalue weighted by Crippen LogP contribution is -2.23. The smallest absolute Gasteiger partial charge is 0.265 e. The van der Waals surface area contributed by atoms with Gasteiger partial charge in [-0.2, -0.15) is 0 Å². The minimum atomic E-state index is -0.150. The number of nitrogens with zero attached hydrogens (tertiary/aromatic N) is 3. The van der Waals surface area contributed by atoms with Crippen LogP contribution < -0.4 is 5.32 Å². The highest BCUT2D eigenvalue weighted by atomic mass is 32.1. The van der Waals surface area contributed by atoms with Crippen LogP contribution in [-0.2, 0) is 6.54 Å². The van der Waals surface area contributed by atoms with Gasteiger partial charge in [0, 0.05) is 12.7 Å². The third kappa shape index (κ3) is 2.98. The first-order chi connectivity index (χ1) is 10.3. The van der Waals surface area contributed by atoms with Gasteiger partial charge >= 0.3 is 0 Å². The molecule has 3 aromatic heterocycles. The topological polar surface area (TPSA) is 67.8 Å².